The van der Waals surface area contributed by atoms with E-state index in [2.05, 4.69) is 36.1 Å². The molecule has 0 spiro atoms. The van der Waals surface area contributed by atoms with Crippen molar-refractivity contribution in [3.05, 3.63) is 35.4 Å². The molecule has 1 saturated heterocycles. The van der Waals surface area contributed by atoms with Crippen molar-refractivity contribution in [3.63, 3.8) is 0 Å². The Bertz CT molecular complexity index is 511. The fraction of sp³-hybridized carbons (Fsp3) is 0.571. The van der Waals surface area contributed by atoms with Gasteiger partial charge in [0.15, 0.2) is 0 Å². The zero-order valence-electron chi connectivity index (χ0n) is 11.5. The van der Waals surface area contributed by atoms with Gasteiger partial charge in [-0.15, -0.1) is 0 Å². The minimum Gasteiger partial charge on any atom is -0.294 e. The van der Waals surface area contributed by atoms with Crippen LogP contribution in [0.25, 0.3) is 0 Å². The van der Waals surface area contributed by atoms with Crippen LogP contribution in [0, 0.1) is 6.92 Å². The number of hydrogen-bond donors (Lipinski definition) is 0. The molecule has 1 aromatic rings. The van der Waals surface area contributed by atoms with Gasteiger partial charge in [0.1, 0.15) is 9.84 Å². The van der Waals surface area contributed by atoms with E-state index in [-0.39, 0.29) is 5.75 Å². The van der Waals surface area contributed by atoms with Crippen LogP contribution in [0.2, 0.25) is 0 Å². The van der Waals surface area contributed by atoms with Crippen molar-refractivity contribution in [3.8, 4) is 0 Å². The molecule has 0 aliphatic carbocycles. The van der Waals surface area contributed by atoms with Crippen molar-refractivity contribution in [2.45, 2.75) is 13.0 Å². The van der Waals surface area contributed by atoms with Gasteiger partial charge in [-0.2, -0.15) is 11.8 Å². The van der Waals surface area contributed by atoms with E-state index in [0.717, 1.165) is 18.1 Å². The van der Waals surface area contributed by atoms with Crippen LogP contribution >= 0.6 is 11.8 Å². The highest BCUT2D eigenvalue weighted by atomic mass is 32.2. The first-order valence-electron chi connectivity index (χ1n) is 6.52. The van der Waals surface area contributed by atoms with E-state index < -0.39 is 9.84 Å². The van der Waals surface area contributed by atoms with Crippen molar-refractivity contribution in [1.82, 2.24) is 4.90 Å². The summed E-state index contributed by atoms with van der Waals surface area (Å²) < 4.78 is 22.7. The number of thioether (sulfide) groups is 1. The third-order valence-electron chi connectivity index (χ3n) is 3.45. The van der Waals surface area contributed by atoms with Crippen LogP contribution in [-0.2, 0) is 9.84 Å². The van der Waals surface area contributed by atoms with Crippen LogP contribution in [-0.4, -0.2) is 49.9 Å². The number of hydrogen-bond acceptors (Lipinski definition) is 4. The number of benzene rings is 1. The highest BCUT2D eigenvalue weighted by Gasteiger charge is 2.24. The first kappa shape index (κ1) is 14.9. The molecule has 19 heavy (non-hydrogen) atoms. The number of aryl methyl sites for hydroxylation is 1. The Morgan fingerprint density at radius 3 is 2.63 bits per heavy atom. The van der Waals surface area contributed by atoms with Gasteiger partial charge >= 0.3 is 0 Å². The van der Waals surface area contributed by atoms with Gasteiger partial charge < -0.3 is 0 Å². The quantitative estimate of drug-likeness (QED) is 0.853. The number of rotatable bonds is 4. The van der Waals surface area contributed by atoms with Crippen LogP contribution in [0.1, 0.15) is 17.2 Å². The Hall–Kier alpha value is -0.520. The SMILES string of the molecule is Cc1ccc(C2CSCCN2CCS(C)(=O)=O)cc1. The third-order valence-corrected chi connectivity index (χ3v) is 5.40. The lowest BCUT2D eigenvalue weighted by atomic mass is 10.0. The molecule has 3 nitrogen and oxygen atoms in total. The summed E-state index contributed by atoms with van der Waals surface area (Å²) in [6.07, 6.45) is 1.31. The second-order valence-electron chi connectivity index (χ2n) is 5.17. The lowest BCUT2D eigenvalue weighted by Gasteiger charge is -2.35. The Kier molecular flexibility index (Phi) is 4.92. The molecule has 1 aliphatic heterocycles. The van der Waals surface area contributed by atoms with Crippen LogP contribution in [0.3, 0.4) is 0 Å². The second-order valence-corrected chi connectivity index (χ2v) is 8.58. The lowest BCUT2D eigenvalue weighted by Crippen LogP contribution is -2.39. The van der Waals surface area contributed by atoms with E-state index in [9.17, 15) is 8.42 Å². The first-order valence-corrected chi connectivity index (χ1v) is 9.73. The fourth-order valence-corrected chi connectivity index (χ4v) is 4.01. The molecule has 5 heteroatoms. The maximum Gasteiger partial charge on any atom is 0.148 e. The second kappa shape index (κ2) is 6.29. The zero-order valence-corrected chi connectivity index (χ0v) is 13.1. The standard InChI is InChI=1S/C14H21NO2S2/c1-12-3-5-13(6-4-12)14-11-18-9-7-15(14)8-10-19(2,16)17/h3-6,14H,7-11H2,1-2H3. The lowest BCUT2D eigenvalue weighted by molar-refractivity contribution is 0.234. The summed E-state index contributed by atoms with van der Waals surface area (Å²) in [4.78, 5) is 2.31. The molecule has 0 N–H and O–H groups in total. The summed E-state index contributed by atoms with van der Waals surface area (Å²) >= 11 is 1.95. The molecule has 1 aliphatic rings. The third kappa shape index (κ3) is 4.51. The summed E-state index contributed by atoms with van der Waals surface area (Å²) in [5, 5.41) is 0. The van der Waals surface area contributed by atoms with E-state index in [0.29, 0.717) is 12.6 Å². The van der Waals surface area contributed by atoms with Crippen molar-refractivity contribution in [1.29, 1.82) is 0 Å². The van der Waals surface area contributed by atoms with E-state index in [1.165, 1.54) is 17.4 Å². The van der Waals surface area contributed by atoms with E-state index in [1.54, 1.807) is 0 Å². The van der Waals surface area contributed by atoms with Crippen molar-refractivity contribution in [2.75, 3.05) is 36.6 Å². The maximum absolute atomic E-state index is 11.3. The average molecular weight is 299 g/mol. The molecule has 0 amide bonds. The molecule has 0 radical (unpaired) electrons. The zero-order chi connectivity index (χ0) is 13.9. The van der Waals surface area contributed by atoms with Gasteiger partial charge in [-0.25, -0.2) is 8.42 Å². The molecule has 1 heterocycles. The molecule has 106 valence electrons. The van der Waals surface area contributed by atoms with Gasteiger partial charge in [-0.1, -0.05) is 29.8 Å². The van der Waals surface area contributed by atoms with Gasteiger partial charge in [0.2, 0.25) is 0 Å². The Morgan fingerprint density at radius 2 is 2.00 bits per heavy atom. The number of sulfone groups is 1. The minimum atomic E-state index is -2.88. The largest absolute Gasteiger partial charge is 0.294 e. The molecule has 1 aromatic carbocycles. The molecule has 0 bridgehead atoms. The van der Waals surface area contributed by atoms with Crippen LogP contribution < -0.4 is 0 Å². The Morgan fingerprint density at radius 1 is 1.32 bits per heavy atom. The summed E-state index contributed by atoms with van der Waals surface area (Å²) in [7, 11) is -2.88. The van der Waals surface area contributed by atoms with Crippen molar-refractivity contribution >= 4 is 21.6 Å². The van der Waals surface area contributed by atoms with Crippen molar-refractivity contribution < 1.29 is 8.42 Å². The Balaban J connectivity index is 2.09. The molecular weight excluding hydrogens is 278 g/mol. The van der Waals surface area contributed by atoms with Crippen molar-refractivity contribution in [2.24, 2.45) is 0 Å². The predicted octanol–water partition coefficient (Wildman–Crippen LogP) is 2.13. The molecular formula is C14H21NO2S2. The summed E-state index contributed by atoms with van der Waals surface area (Å²) in [5.74, 6) is 2.39. The molecule has 2 rings (SSSR count). The number of nitrogens with zero attached hydrogens (tertiary/aromatic N) is 1. The smallest absolute Gasteiger partial charge is 0.148 e. The van der Waals surface area contributed by atoms with Gasteiger partial charge in [-0.3, -0.25) is 4.90 Å². The molecule has 1 unspecified atom stereocenters. The highest BCUT2D eigenvalue weighted by molar-refractivity contribution is 7.99. The van der Waals surface area contributed by atoms with Crippen LogP contribution in [0.4, 0.5) is 0 Å². The fourth-order valence-electron chi connectivity index (χ4n) is 2.28. The highest BCUT2D eigenvalue weighted by Crippen LogP contribution is 2.29. The van der Waals surface area contributed by atoms with Gasteiger partial charge in [0.25, 0.3) is 0 Å². The first-order chi connectivity index (χ1) is 8.96. The molecule has 1 fully saturated rings. The van der Waals surface area contributed by atoms with E-state index in [1.807, 2.05) is 11.8 Å². The normalized spacial score (nSPS) is 21.5. The topological polar surface area (TPSA) is 37.4 Å². The van der Waals surface area contributed by atoms with Gasteiger partial charge in [-0.05, 0) is 12.5 Å². The predicted molar refractivity (Wildman–Crippen MR) is 82.5 cm³/mol. The monoisotopic (exact) mass is 299 g/mol. The average Bonchev–Trinajstić information content (AvgIpc) is 2.37. The maximum atomic E-state index is 11.3. The van der Waals surface area contributed by atoms with Crippen LogP contribution in [0.5, 0.6) is 0 Å². The minimum absolute atomic E-state index is 0.250. The Labute approximate surface area is 120 Å². The van der Waals surface area contributed by atoms with Gasteiger partial charge in [0.05, 0.1) is 5.75 Å². The molecule has 0 saturated carbocycles. The summed E-state index contributed by atoms with van der Waals surface area (Å²) in [6, 6.07) is 8.94. The molecule has 1 atom stereocenters. The summed E-state index contributed by atoms with van der Waals surface area (Å²) in [5.41, 5.74) is 2.56. The van der Waals surface area contributed by atoms with Gasteiger partial charge in [0, 0.05) is 36.9 Å². The van der Waals surface area contributed by atoms with E-state index in [4.69, 9.17) is 0 Å². The molecule has 0 aromatic heterocycles. The van der Waals surface area contributed by atoms with E-state index >= 15 is 0 Å². The van der Waals surface area contributed by atoms with Crippen LogP contribution in [0.15, 0.2) is 24.3 Å². The summed E-state index contributed by atoms with van der Waals surface area (Å²) in [6.45, 7) is 3.69.